The van der Waals surface area contributed by atoms with Gasteiger partial charge in [-0.25, -0.2) is 5.43 Å². The summed E-state index contributed by atoms with van der Waals surface area (Å²) >= 11 is 7.83. The van der Waals surface area contributed by atoms with Crippen molar-refractivity contribution in [1.82, 2.24) is 21.1 Å². The smallest absolute Gasteiger partial charge is 0.125 e. The number of rotatable bonds is 8. The van der Waals surface area contributed by atoms with Gasteiger partial charge >= 0.3 is 0 Å². The van der Waals surface area contributed by atoms with Crippen molar-refractivity contribution in [2.45, 2.75) is 32.5 Å². The highest BCUT2D eigenvalue weighted by Crippen LogP contribution is 2.42. The van der Waals surface area contributed by atoms with Crippen molar-refractivity contribution in [2.75, 3.05) is 24.2 Å². The van der Waals surface area contributed by atoms with Crippen molar-refractivity contribution in [3.05, 3.63) is 98.3 Å². The SMILES string of the molecule is C=C(Nc1c(C)ccc2c1C=CN(C)C2Nc1ccc(Cl)cc1)C1=CSC2=C(NCCC)NNC12. The number of thioether (sulfide) groups is 1. The number of hydrogen-bond donors (Lipinski definition) is 5. The second kappa shape index (κ2) is 9.93. The molecule has 3 heterocycles. The van der Waals surface area contributed by atoms with Crippen molar-refractivity contribution >= 4 is 40.8 Å². The van der Waals surface area contributed by atoms with E-state index in [9.17, 15) is 0 Å². The third-order valence-electron chi connectivity index (χ3n) is 6.46. The lowest BCUT2D eigenvalue weighted by molar-refractivity contribution is 0.368. The first kappa shape index (κ1) is 23.7. The van der Waals surface area contributed by atoms with E-state index in [0.717, 1.165) is 46.5 Å². The molecule has 0 radical (unpaired) electrons. The molecule has 3 aliphatic rings. The molecule has 182 valence electrons. The Bertz CT molecular complexity index is 1230. The fourth-order valence-corrected chi connectivity index (χ4v) is 5.74. The largest absolute Gasteiger partial charge is 0.370 e. The molecule has 6 nitrogen and oxygen atoms in total. The summed E-state index contributed by atoms with van der Waals surface area (Å²) < 4.78 is 0. The first-order valence-electron chi connectivity index (χ1n) is 11.8. The number of fused-ring (bicyclic) bond motifs is 2. The molecule has 0 amide bonds. The average molecular weight is 507 g/mol. The van der Waals surface area contributed by atoms with Crippen LogP contribution in [0.2, 0.25) is 5.02 Å². The minimum atomic E-state index is -0.00530. The van der Waals surface area contributed by atoms with Gasteiger partial charge < -0.3 is 26.3 Å². The highest BCUT2D eigenvalue weighted by molar-refractivity contribution is 8.06. The maximum atomic E-state index is 6.08. The molecule has 0 bridgehead atoms. The Morgan fingerprint density at radius 3 is 2.77 bits per heavy atom. The quantitative estimate of drug-likeness (QED) is 0.306. The summed E-state index contributed by atoms with van der Waals surface area (Å²) in [6, 6.07) is 12.3. The summed E-state index contributed by atoms with van der Waals surface area (Å²) in [6.45, 7) is 9.66. The number of nitrogens with one attached hydrogen (secondary N) is 5. The standard InChI is InChI=1S/C27H31ClN6S/c1-5-13-29-26-25-24(32-33-26)22(15-35-25)17(3)30-23-16(2)6-11-21-20(23)12-14-34(4)27(21)31-19-9-7-18(28)8-10-19/h6-12,14-15,24,27,29-33H,3,5,13H2,1-2,4H3. The van der Waals surface area contributed by atoms with Crippen LogP contribution in [0.1, 0.15) is 36.2 Å². The molecule has 3 aliphatic heterocycles. The van der Waals surface area contributed by atoms with Crippen molar-refractivity contribution in [2.24, 2.45) is 0 Å². The predicted molar refractivity (Wildman–Crippen MR) is 150 cm³/mol. The zero-order valence-electron chi connectivity index (χ0n) is 20.2. The van der Waals surface area contributed by atoms with Crippen LogP contribution >= 0.6 is 23.4 Å². The fourth-order valence-electron chi connectivity index (χ4n) is 4.52. The van der Waals surface area contributed by atoms with Gasteiger partial charge in [0, 0.05) is 58.6 Å². The number of aryl methyl sites for hydroxylation is 1. The first-order chi connectivity index (χ1) is 17.0. The highest BCUT2D eigenvalue weighted by Gasteiger charge is 2.34. The normalized spacial score (nSPS) is 20.2. The van der Waals surface area contributed by atoms with E-state index in [0.29, 0.717) is 0 Å². The van der Waals surface area contributed by atoms with Crippen molar-refractivity contribution in [3.63, 3.8) is 0 Å². The van der Waals surface area contributed by atoms with E-state index in [1.54, 1.807) is 11.8 Å². The zero-order valence-corrected chi connectivity index (χ0v) is 21.8. The Labute approximate surface area is 216 Å². The second-order valence-corrected chi connectivity index (χ2v) is 10.3. The number of anilines is 2. The molecule has 5 rings (SSSR count). The van der Waals surface area contributed by atoms with Gasteiger partial charge in [0.25, 0.3) is 0 Å². The third kappa shape index (κ3) is 4.63. The zero-order chi connectivity index (χ0) is 24.5. The van der Waals surface area contributed by atoms with Gasteiger partial charge in [-0.2, -0.15) is 0 Å². The number of nitrogens with zero attached hydrogens (tertiary/aromatic N) is 1. The van der Waals surface area contributed by atoms with Crippen LogP contribution in [-0.4, -0.2) is 24.5 Å². The Balaban J connectivity index is 1.39. The summed E-state index contributed by atoms with van der Waals surface area (Å²) in [4.78, 5) is 3.44. The average Bonchev–Trinajstić information content (AvgIpc) is 3.45. The molecule has 8 heteroatoms. The molecule has 0 saturated heterocycles. The minimum Gasteiger partial charge on any atom is -0.370 e. The number of benzene rings is 2. The highest BCUT2D eigenvalue weighted by atomic mass is 35.5. The molecule has 2 atom stereocenters. The molecule has 5 N–H and O–H groups in total. The Morgan fingerprint density at radius 1 is 1.20 bits per heavy atom. The third-order valence-corrected chi connectivity index (χ3v) is 7.78. The molecule has 35 heavy (non-hydrogen) atoms. The Morgan fingerprint density at radius 2 is 2.00 bits per heavy atom. The summed E-state index contributed by atoms with van der Waals surface area (Å²) in [7, 11) is 2.08. The molecule has 2 aromatic carbocycles. The van der Waals surface area contributed by atoms with E-state index in [4.69, 9.17) is 11.6 Å². The monoisotopic (exact) mass is 506 g/mol. The molecule has 2 unspecified atom stereocenters. The van der Waals surface area contributed by atoms with Crippen LogP contribution in [0.3, 0.4) is 0 Å². The molecule has 0 aromatic heterocycles. The molecule has 0 fully saturated rings. The van der Waals surface area contributed by atoms with E-state index < -0.39 is 0 Å². The maximum absolute atomic E-state index is 6.08. The molecule has 0 spiro atoms. The van der Waals surface area contributed by atoms with E-state index >= 15 is 0 Å². The maximum Gasteiger partial charge on any atom is 0.125 e. The summed E-state index contributed by atoms with van der Waals surface area (Å²) in [5, 5.41) is 13.7. The lowest BCUT2D eigenvalue weighted by atomic mass is 9.95. The Hall–Kier alpha value is -3.00. The summed E-state index contributed by atoms with van der Waals surface area (Å²) in [5.41, 5.74) is 14.4. The minimum absolute atomic E-state index is 0.00530. The van der Waals surface area contributed by atoms with E-state index in [1.165, 1.54) is 21.6 Å². The number of halogens is 1. The van der Waals surface area contributed by atoms with Crippen LogP contribution < -0.4 is 26.8 Å². The summed E-state index contributed by atoms with van der Waals surface area (Å²) in [5.74, 6) is 1.07. The van der Waals surface area contributed by atoms with Crippen LogP contribution in [0, 0.1) is 6.92 Å². The van der Waals surface area contributed by atoms with E-state index in [2.05, 4.69) is 89.0 Å². The van der Waals surface area contributed by atoms with E-state index in [-0.39, 0.29) is 12.2 Å². The van der Waals surface area contributed by atoms with Crippen LogP contribution in [0.5, 0.6) is 0 Å². The topological polar surface area (TPSA) is 63.4 Å². The Kier molecular flexibility index (Phi) is 6.73. The summed E-state index contributed by atoms with van der Waals surface area (Å²) in [6.07, 6.45) is 5.36. The fraction of sp³-hybridized carbons (Fsp3) is 0.259. The van der Waals surface area contributed by atoms with Crippen LogP contribution in [0.25, 0.3) is 6.08 Å². The van der Waals surface area contributed by atoms with Gasteiger partial charge in [-0.3, -0.25) is 0 Å². The molecular weight excluding hydrogens is 476 g/mol. The van der Waals surface area contributed by atoms with Gasteiger partial charge in [-0.05, 0) is 54.7 Å². The van der Waals surface area contributed by atoms with Crippen LogP contribution in [0.4, 0.5) is 11.4 Å². The lowest BCUT2D eigenvalue weighted by Crippen LogP contribution is -2.36. The van der Waals surface area contributed by atoms with Gasteiger partial charge in [0.15, 0.2) is 0 Å². The molecule has 0 saturated carbocycles. The lowest BCUT2D eigenvalue weighted by Gasteiger charge is -2.34. The molecule has 0 aliphatic carbocycles. The number of hydrogen-bond acceptors (Lipinski definition) is 7. The van der Waals surface area contributed by atoms with Crippen molar-refractivity contribution in [3.8, 4) is 0 Å². The van der Waals surface area contributed by atoms with Crippen molar-refractivity contribution in [1.29, 1.82) is 0 Å². The molecule has 2 aromatic rings. The number of hydrazine groups is 1. The van der Waals surface area contributed by atoms with Gasteiger partial charge in [0.1, 0.15) is 12.0 Å². The van der Waals surface area contributed by atoms with Gasteiger partial charge in [0.05, 0.1) is 10.9 Å². The van der Waals surface area contributed by atoms with Crippen LogP contribution in [0.15, 0.2) is 76.6 Å². The second-order valence-electron chi connectivity index (χ2n) is 8.96. The van der Waals surface area contributed by atoms with Gasteiger partial charge in [-0.15, -0.1) is 0 Å². The van der Waals surface area contributed by atoms with Crippen LogP contribution in [-0.2, 0) is 0 Å². The van der Waals surface area contributed by atoms with E-state index in [1.807, 2.05) is 24.3 Å². The van der Waals surface area contributed by atoms with Gasteiger partial charge in [0.2, 0.25) is 0 Å². The molecular formula is C27H31ClN6S. The first-order valence-corrected chi connectivity index (χ1v) is 13.1. The van der Waals surface area contributed by atoms with Crippen molar-refractivity contribution < 1.29 is 0 Å². The van der Waals surface area contributed by atoms with Gasteiger partial charge in [-0.1, -0.05) is 49.0 Å². The predicted octanol–water partition coefficient (Wildman–Crippen LogP) is 5.88.